The quantitative estimate of drug-likeness (QED) is 0.671. The van der Waals surface area contributed by atoms with Crippen LogP contribution in [0.2, 0.25) is 0 Å². The zero-order valence-electron chi connectivity index (χ0n) is 7.45. The summed E-state index contributed by atoms with van der Waals surface area (Å²) in [6, 6.07) is 0. The zero-order valence-corrected chi connectivity index (χ0v) is 8.35. The van der Waals surface area contributed by atoms with Crippen LogP contribution in [0.25, 0.3) is 0 Å². The van der Waals surface area contributed by atoms with Gasteiger partial charge in [-0.3, -0.25) is 0 Å². The molecule has 12 heavy (non-hydrogen) atoms. The van der Waals surface area contributed by atoms with E-state index in [9.17, 15) is 4.79 Å². The van der Waals surface area contributed by atoms with Crippen molar-refractivity contribution >= 4 is 14.0 Å². The van der Waals surface area contributed by atoms with Crippen LogP contribution in [0.4, 0.5) is 4.79 Å². The van der Waals surface area contributed by atoms with E-state index in [2.05, 4.69) is 6.66 Å². The van der Waals surface area contributed by atoms with Gasteiger partial charge in [-0.05, 0) is 37.7 Å². The standard InChI is InChI=1S/C8H16NO2P/c1-12-4-2-7(3-5-12)6-11-8(9)10/h7H,2-6H2,1H3,(H2,9,10). The summed E-state index contributed by atoms with van der Waals surface area (Å²) in [4.78, 5) is 10.3. The second kappa shape index (κ2) is 4.66. The van der Waals surface area contributed by atoms with Crippen LogP contribution >= 0.6 is 7.92 Å². The number of amides is 1. The summed E-state index contributed by atoms with van der Waals surface area (Å²) < 4.78 is 4.76. The first-order chi connectivity index (χ1) is 5.68. The lowest BCUT2D eigenvalue weighted by molar-refractivity contribution is 0.133. The molecule has 1 aliphatic heterocycles. The Morgan fingerprint density at radius 1 is 1.58 bits per heavy atom. The van der Waals surface area contributed by atoms with Crippen LogP contribution in [0.1, 0.15) is 12.8 Å². The third-order valence-electron chi connectivity index (χ3n) is 2.30. The average Bonchev–Trinajstić information content (AvgIpc) is 2.03. The second-order valence-corrected chi connectivity index (χ2v) is 5.98. The summed E-state index contributed by atoms with van der Waals surface area (Å²) >= 11 is 0. The third-order valence-corrected chi connectivity index (χ3v) is 4.34. The minimum absolute atomic E-state index is 0.284. The van der Waals surface area contributed by atoms with Crippen LogP contribution in [0.3, 0.4) is 0 Å². The van der Waals surface area contributed by atoms with Crippen molar-refractivity contribution in [1.29, 1.82) is 0 Å². The van der Waals surface area contributed by atoms with Gasteiger partial charge in [0.25, 0.3) is 0 Å². The van der Waals surface area contributed by atoms with Gasteiger partial charge >= 0.3 is 6.09 Å². The molecule has 0 saturated carbocycles. The number of nitrogens with two attached hydrogens (primary N) is 1. The average molecular weight is 189 g/mol. The van der Waals surface area contributed by atoms with Gasteiger partial charge in [0.15, 0.2) is 0 Å². The van der Waals surface area contributed by atoms with Gasteiger partial charge in [0, 0.05) is 0 Å². The van der Waals surface area contributed by atoms with E-state index in [1.165, 1.54) is 25.2 Å². The van der Waals surface area contributed by atoms with Gasteiger partial charge in [-0.2, -0.15) is 0 Å². The number of hydrogen-bond acceptors (Lipinski definition) is 2. The third kappa shape index (κ3) is 3.40. The molecular formula is C8H16NO2P. The van der Waals surface area contributed by atoms with Crippen LogP contribution < -0.4 is 5.73 Å². The number of carbonyl (C=O) groups is 1. The molecule has 0 aliphatic carbocycles. The molecule has 0 radical (unpaired) electrons. The van der Waals surface area contributed by atoms with Gasteiger partial charge in [0.1, 0.15) is 0 Å². The van der Waals surface area contributed by atoms with E-state index < -0.39 is 6.09 Å². The highest BCUT2D eigenvalue weighted by molar-refractivity contribution is 7.56. The molecule has 0 bridgehead atoms. The number of ether oxygens (including phenoxy) is 1. The van der Waals surface area contributed by atoms with Gasteiger partial charge in [0.05, 0.1) is 6.61 Å². The lowest BCUT2D eigenvalue weighted by Crippen LogP contribution is -2.22. The van der Waals surface area contributed by atoms with Crippen LogP contribution in [0, 0.1) is 5.92 Å². The molecule has 0 aromatic carbocycles. The largest absolute Gasteiger partial charge is 0.449 e. The van der Waals surface area contributed by atoms with E-state index in [4.69, 9.17) is 10.5 Å². The van der Waals surface area contributed by atoms with Gasteiger partial charge in [-0.1, -0.05) is 0 Å². The van der Waals surface area contributed by atoms with Crippen molar-refractivity contribution in [2.45, 2.75) is 12.8 Å². The van der Waals surface area contributed by atoms with E-state index in [-0.39, 0.29) is 7.92 Å². The minimum Gasteiger partial charge on any atom is -0.449 e. The molecule has 3 nitrogen and oxygen atoms in total. The smallest absolute Gasteiger partial charge is 0.404 e. The maximum Gasteiger partial charge on any atom is 0.404 e. The molecule has 1 amide bonds. The van der Waals surface area contributed by atoms with E-state index in [1.807, 2.05) is 0 Å². The molecule has 1 heterocycles. The van der Waals surface area contributed by atoms with Gasteiger partial charge in [-0.15, -0.1) is 7.92 Å². The SMILES string of the molecule is CP1CCC(COC(N)=O)CC1. The van der Waals surface area contributed by atoms with E-state index in [0.29, 0.717) is 12.5 Å². The number of carbonyl (C=O) groups excluding carboxylic acids is 1. The van der Waals surface area contributed by atoms with Crippen molar-refractivity contribution < 1.29 is 9.53 Å². The molecule has 0 aromatic rings. The molecular weight excluding hydrogens is 173 g/mol. The first-order valence-electron chi connectivity index (χ1n) is 4.29. The van der Waals surface area contributed by atoms with Crippen molar-refractivity contribution in [3.05, 3.63) is 0 Å². The Labute approximate surface area is 74.4 Å². The normalized spacial score (nSPS) is 29.8. The maximum atomic E-state index is 10.3. The van der Waals surface area contributed by atoms with E-state index >= 15 is 0 Å². The Hall–Kier alpha value is -0.300. The summed E-state index contributed by atoms with van der Waals surface area (Å²) in [6.07, 6.45) is 4.41. The molecule has 0 unspecified atom stereocenters. The molecule has 0 spiro atoms. The molecule has 1 fully saturated rings. The van der Waals surface area contributed by atoms with Crippen molar-refractivity contribution in [3.63, 3.8) is 0 Å². The fourth-order valence-corrected chi connectivity index (χ4v) is 3.26. The van der Waals surface area contributed by atoms with E-state index in [1.54, 1.807) is 0 Å². The Balaban J connectivity index is 2.13. The Bertz CT molecular complexity index is 155. The highest BCUT2D eigenvalue weighted by Gasteiger charge is 2.18. The number of rotatable bonds is 2. The lowest BCUT2D eigenvalue weighted by atomic mass is 10.0. The number of hydrogen-bond donors (Lipinski definition) is 1. The molecule has 0 atom stereocenters. The molecule has 2 N–H and O–H groups in total. The minimum atomic E-state index is -0.640. The Kier molecular flexibility index (Phi) is 3.80. The first-order valence-corrected chi connectivity index (χ1v) is 6.45. The van der Waals surface area contributed by atoms with Gasteiger partial charge in [0.2, 0.25) is 0 Å². The number of primary amides is 1. The molecule has 1 aliphatic rings. The van der Waals surface area contributed by atoms with Crippen LogP contribution in [-0.4, -0.2) is 31.7 Å². The Morgan fingerprint density at radius 2 is 2.17 bits per heavy atom. The molecule has 0 aromatic heterocycles. The summed E-state index contributed by atoms with van der Waals surface area (Å²) in [7, 11) is 0.284. The van der Waals surface area contributed by atoms with Crippen molar-refractivity contribution in [2.24, 2.45) is 11.7 Å². The predicted octanol–water partition coefficient (Wildman–Crippen LogP) is 1.60. The van der Waals surface area contributed by atoms with Crippen molar-refractivity contribution in [1.82, 2.24) is 0 Å². The molecule has 70 valence electrons. The predicted molar refractivity (Wildman–Crippen MR) is 50.8 cm³/mol. The van der Waals surface area contributed by atoms with Gasteiger partial charge < -0.3 is 10.5 Å². The molecule has 4 heteroatoms. The Morgan fingerprint density at radius 3 is 2.67 bits per heavy atom. The molecule has 1 rings (SSSR count). The highest BCUT2D eigenvalue weighted by atomic mass is 31.1. The fourth-order valence-electron chi connectivity index (χ4n) is 1.43. The zero-order chi connectivity index (χ0) is 8.97. The monoisotopic (exact) mass is 189 g/mol. The summed E-state index contributed by atoms with van der Waals surface area (Å²) in [6.45, 7) is 2.86. The fraction of sp³-hybridized carbons (Fsp3) is 0.875. The summed E-state index contributed by atoms with van der Waals surface area (Å²) in [5, 5.41) is 0. The second-order valence-electron chi connectivity index (χ2n) is 3.38. The first kappa shape index (κ1) is 9.79. The highest BCUT2D eigenvalue weighted by Crippen LogP contribution is 2.39. The van der Waals surface area contributed by atoms with Gasteiger partial charge in [-0.25, -0.2) is 4.79 Å². The van der Waals surface area contributed by atoms with Crippen LogP contribution in [0.5, 0.6) is 0 Å². The van der Waals surface area contributed by atoms with E-state index in [0.717, 1.165) is 0 Å². The molecule has 1 saturated heterocycles. The van der Waals surface area contributed by atoms with Crippen molar-refractivity contribution in [2.75, 3.05) is 25.6 Å². The van der Waals surface area contributed by atoms with Crippen LogP contribution in [0.15, 0.2) is 0 Å². The van der Waals surface area contributed by atoms with Crippen molar-refractivity contribution in [3.8, 4) is 0 Å². The van der Waals surface area contributed by atoms with Crippen LogP contribution in [-0.2, 0) is 4.74 Å². The maximum absolute atomic E-state index is 10.3. The summed E-state index contributed by atoms with van der Waals surface area (Å²) in [5.41, 5.74) is 4.88. The lowest BCUT2D eigenvalue weighted by Gasteiger charge is -2.25. The topological polar surface area (TPSA) is 52.3 Å². The summed E-state index contributed by atoms with van der Waals surface area (Å²) in [5.74, 6) is 0.566.